The largest absolute Gasteiger partial charge is 0.463 e. The van der Waals surface area contributed by atoms with Gasteiger partial charge in [-0.25, -0.2) is 0 Å². The van der Waals surface area contributed by atoms with Crippen LogP contribution in [0.5, 0.6) is 0 Å². The third kappa shape index (κ3) is 4.00. The summed E-state index contributed by atoms with van der Waals surface area (Å²) >= 11 is 0. The molecule has 7 nitrogen and oxygen atoms in total. The molecule has 0 aliphatic carbocycles. The van der Waals surface area contributed by atoms with Gasteiger partial charge in [-0.3, -0.25) is 9.59 Å². The zero-order valence-corrected chi connectivity index (χ0v) is 14.3. The maximum Gasteiger partial charge on any atom is 0.304 e. The van der Waals surface area contributed by atoms with E-state index in [0.29, 0.717) is 13.2 Å². The Bertz CT molecular complexity index is 617. The molecule has 0 N–H and O–H groups in total. The van der Waals surface area contributed by atoms with Crippen LogP contribution in [-0.4, -0.2) is 49.8 Å². The molecule has 136 valence electrons. The van der Waals surface area contributed by atoms with E-state index in [9.17, 15) is 9.59 Å². The zero-order valence-electron chi connectivity index (χ0n) is 14.3. The standard InChI is InChI=1S/C18H22O7/c1-12(19)23-11-18-10-21-9-15(17(25-18)24-13(2)20)16(18)22-8-14-6-4-3-5-7-14/h3-7,15-17H,8-11H2,1-2H3/t15?,16-,17+,18-/m1/s1. The zero-order chi connectivity index (χ0) is 17.9. The van der Waals surface area contributed by atoms with E-state index in [-0.39, 0.29) is 19.1 Å². The number of ether oxygens (including phenoxy) is 5. The van der Waals surface area contributed by atoms with Crippen LogP contribution in [0, 0.1) is 5.92 Å². The smallest absolute Gasteiger partial charge is 0.304 e. The number of hydrogen-bond acceptors (Lipinski definition) is 7. The molecule has 4 atom stereocenters. The van der Waals surface area contributed by atoms with Crippen LogP contribution in [0.4, 0.5) is 0 Å². The van der Waals surface area contributed by atoms with Gasteiger partial charge < -0.3 is 23.7 Å². The molecule has 2 bridgehead atoms. The van der Waals surface area contributed by atoms with Crippen molar-refractivity contribution in [1.82, 2.24) is 0 Å². The normalized spacial score (nSPS) is 30.7. The SMILES string of the molecule is CC(=O)OC[C@@]12COCC([C@@H](OC(C)=O)O1)[C@H]2OCc1ccccc1. The van der Waals surface area contributed by atoms with Gasteiger partial charge in [0.2, 0.25) is 6.29 Å². The van der Waals surface area contributed by atoms with Gasteiger partial charge in [0, 0.05) is 13.8 Å². The summed E-state index contributed by atoms with van der Waals surface area (Å²) in [7, 11) is 0. The Hall–Kier alpha value is -1.96. The van der Waals surface area contributed by atoms with Gasteiger partial charge in [-0.2, -0.15) is 0 Å². The Morgan fingerprint density at radius 1 is 1.20 bits per heavy atom. The maximum atomic E-state index is 11.4. The molecule has 2 saturated heterocycles. The van der Waals surface area contributed by atoms with E-state index in [4.69, 9.17) is 23.7 Å². The second-order valence-corrected chi connectivity index (χ2v) is 6.34. The van der Waals surface area contributed by atoms with E-state index in [1.807, 2.05) is 30.3 Å². The first-order valence-corrected chi connectivity index (χ1v) is 8.22. The summed E-state index contributed by atoms with van der Waals surface area (Å²) in [6.07, 6.45) is -1.19. The second-order valence-electron chi connectivity index (χ2n) is 6.34. The molecular formula is C18H22O7. The molecule has 0 radical (unpaired) electrons. The summed E-state index contributed by atoms with van der Waals surface area (Å²) < 4.78 is 28.1. The summed E-state index contributed by atoms with van der Waals surface area (Å²) in [6, 6.07) is 9.73. The van der Waals surface area contributed by atoms with Crippen molar-refractivity contribution in [2.45, 2.75) is 38.4 Å². The molecule has 1 unspecified atom stereocenters. The Morgan fingerprint density at radius 2 is 1.96 bits per heavy atom. The summed E-state index contributed by atoms with van der Waals surface area (Å²) in [5.74, 6) is -1.14. The van der Waals surface area contributed by atoms with Crippen molar-refractivity contribution in [3.05, 3.63) is 35.9 Å². The van der Waals surface area contributed by atoms with Crippen LogP contribution in [0.1, 0.15) is 19.4 Å². The van der Waals surface area contributed by atoms with E-state index in [0.717, 1.165) is 5.56 Å². The lowest BCUT2D eigenvalue weighted by atomic mass is 9.89. The second kappa shape index (κ2) is 7.51. The number of rotatable bonds is 6. The third-order valence-electron chi connectivity index (χ3n) is 4.34. The van der Waals surface area contributed by atoms with Crippen molar-refractivity contribution < 1.29 is 33.3 Å². The van der Waals surface area contributed by atoms with Gasteiger partial charge in [0.05, 0.1) is 25.7 Å². The molecule has 0 aromatic heterocycles. The van der Waals surface area contributed by atoms with Crippen LogP contribution in [0.2, 0.25) is 0 Å². The summed E-state index contributed by atoms with van der Waals surface area (Å²) in [4.78, 5) is 22.6. The fourth-order valence-corrected chi connectivity index (χ4v) is 3.26. The van der Waals surface area contributed by atoms with Crippen LogP contribution >= 0.6 is 0 Å². The van der Waals surface area contributed by atoms with E-state index in [1.54, 1.807) is 0 Å². The molecule has 25 heavy (non-hydrogen) atoms. The van der Waals surface area contributed by atoms with E-state index >= 15 is 0 Å². The van der Waals surface area contributed by atoms with E-state index in [2.05, 4.69) is 0 Å². The Labute approximate surface area is 146 Å². The predicted molar refractivity (Wildman–Crippen MR) is 85.3 cm³/mol. The molecule has 2 aliphatic heterocycles. The summed E-state index contributed by atoms with van der Waals surface area (Å²) in [6.45, 7) is 3.56. The highest BCUT2D eigenvalue weighted by atomic mass is 16.7. The van der Waals surface area contributed by atoms with Gasteiger partial charge in [0.1, 0.15) is 12.7 Å². The lowest BCUT2D eigenvalue weighted by Gasteiger charge is -2.37. The number of carbonyl (C=O) groups excluding carboxylic acids is 2. The van der Waals surface area contributed by atoms with Gasteiger partial charge in [-0.05, 0) is 5.56 Å². The average molecular weight is 350 g/mol. The molecule has 0 saturated carbocycles. The van der Waals surface area contributed by atoms with Crippen molar-refractivity contribution in [2.24, 2.45) is 5.92 Å². The van der Waals surface area contributed by atoms with Gasteiger partial charge in [-0.1, -0.05) is 30.3 Å². The Morgan fingerprint density at radius 3 is 2.64 bits per heavy atom. The van der Waals surface area contributed by atoms with Gasteiger partial charge in [-0.15, -0.1) is 0 Å². The number of carbonyl (C=O) groups is 2. The molecule has 0 amide bonds. The monoisotopic (exact) mass is 350 g/mol. The molecule has 3 rings (SSSR count). The highest BCUT2D eigenvalue weighted by molar-refractivity contribution is 5.66. The minimum atomic E-state index is -0.983. The minimum absolute atomic E-state index is 0.0178. The van der Waals surface area contributed by atoms with Crippen LogP contribution < -0.4 is 0 Å². The molecule has 1 aromatic carbocycles. The van der Waals surface area contributed by atoms with Crippen molar-refractivity contribution >= 4 is 11.9 Å². The van der Waals surface area contributed by atoms with Crippen LogP contribution in [0.15, 0.2) is 30.3 Å². The van der Waals surface area contributed by atoms with Crippen LogP contribution in [0.3, 0.4) is 0 Å². The van der Waals surface area contributed by atoms with Crippen molar-refractivity contribution in [1.29, 1.82) is 0 Å². The number of fused-ring (bicyclic) bond motifs is 2. The maximum absolute atomic E-state index is 11.4. The van der Waals surface area contributed by atoms with E-state index < -0.39 is 29.9 Å². The number of benzene rings is 1. The molecule has 2 fully saturated rings. The predicted octanol–water partition coefficient (Wildman–Crippen LogP) is 1.44. The minimum Gasteiger partial charge on any atom is -0.463 e. The number of hydrogen-bond donors (Lipinski definition) is 0. The molecular weight excluding hydrogens is 328 g/mol. The molecule has 0 spiro atoms. The van der Waals surface area contributed by atoms with Gasteiger partial charge in [0.15, 0.2) is 5.60 Å². The fraction of sp³-hybridized carbons (Fsp3) is 0.556. The molecule has 2 heterocycles. The summed E-state index contributed by atoms with van der Waals surface area (Å²) in [5, 5.41) is 0. The molecule has 1 aromatic rings. The van der Waals surface area contributed by atoms with Crippen molar-refractivity contribution in [2.75, 3.05) is 19.8 Å². The lowest BCUT2D eigenvalue weighted by molar-refractivity contribution is -0.212. The first-order valence-electron chi connectivity index (χ1n) is 8.22. The fourth-order valence-electron chi connectivity index (χ4n) is 3.26. The van der Waals surface area contributed by atoms with Crippen LogP contribution in [-0.2, 0) is 39.9 Å². The van der Waals surface area contributed by atoms with Crippen molar-refractivity contribution in [3.8, 4) is 0 Å². The first-order chi connectivity index (χ1) is 12.0. The van der Waals surface area contributed by atoms with Crippen LogP contribution in [0.25, 0.3) is 0 Å². The first kappa shape index (κ1) is 17.8. The van der Waals surface area contributed by atoms with Gasteiger partial charge >= 0.3 is 11.9 Å². The quantitative estimate of drug-likeness (QED) is 0.718. The molecule has 2 aliphatic rings. The molecule has 7 heteroatoms. The average Bonchev–Trinajstić information content (AvgIpc) is 2.73. The highest BCUT2D eigenvalue weighted by Gasteiger charge is 2.61. The summed E-state index contributed by atoms with van der Waals surface area (Å²) in [5.41, 5.74) is 0.0313. The van der Waals surface area contributed by atoms with E-state index in [1.165, 1.54) is 13.8 Å². The number of esters is 2. The third-order valence-corrected chi connectivity index (χ3v) is 4.34. The Balaban J connectivity index is 1.77. The lowest BCUT2D eigenvalue weighted by Crippen LogP contribution is -2.54. The van der Waals surface area contributed by atoms with Gasteiger partial charge in [0.25, 0.3) is 0 Å². The topological polar surface area (TPSA) is 80.3 Å². The van der Waals surface area contributed by atoms with Crippen molar-refractivity contribution in [3.63, 3.8) is 0 Å². The highest BCUT2D eigenvalue weighted by Crippen LogP contribution is 2.43. The Kier molecular flexibility index (Phi) is 5.36.